The molecule has 1 aromatic heterocycles. The van der Waals surface area contributed by atoms with Crippen LogP contribution in [0.3, 0.4) is 0 Å². The maximum Gasteiger partial charge on any atom is 0.332 e. The van der Waals surface area contributed by atoms with Gasteiger partial charge in [-0.15, -0.1) is 0 Å². The average molecular weight is 435 g/mol. The number of rotatable bonds is 4. The van der Waals surface area contributed by atoms with E-state index in [0.29, 0.717) is 18.8 Å². The third kappa shape index (κ3) is 3.93. The quantitative estimate of drug-likeness (QED) is 0.593. The van der Waals surface area contributed by atoms with E-state index in [1.54, 1.807) is 16.7 Å². The zero-order valence-electron chi connectivity index (χ0n) is 18.5. The zero-order chi connectivity index (χ0) is 22.5. The SMILES string of the molecule is Cc1cc(C)cc(CN2CCC3(Cc4nn(Cc5ccc(F)cc5)c(=O)c(=O)n4C3)C2)c1. The van der Waals surface area contributed by atoms with Crippen LogP contribution in [0.4, 0.5) is 4.39 Å². The van der Waals surface area contributed by atoms with Crippen molar-refractivity contribution in [2.24, 2.45) is 5.41 Å². The molecule has 1 spiro atoms. The Morgan fingerprint density at radius 1 is 0.938 bits per heavy atom. The fraction of sp³-hybridized carbons (Fsp3) is 0.400. The van der Waals surface area contributed by atoms with Crippen molar-refractivity contribution < 1.29 is 4.39 Å². The molecule has 1 fully saturated rings. The molecule has 166 valence electrons. The molecule has 0 radical (unpaired) electrons. The minimum Gasteiger partial charge on any atom is -0.298 e. The van der Waals surface area contributed by atoms with Gasteiger partial charge in [-0.2, -0.15) is 5.10 Å². The number of benzene rings is 2. The molecule has 0 N–H and O–H groups in total. The van der Waals surface area contributed by atoms with Crippen molar-refractivity contribution in [1.82, 2.24) is 19.2 Å². The van der Waals surface area contributed by atoms with E-state index in [0.717, 1.165) is 31.6 Å². The van der Waals surface area contributed by atoms with Crippen molar-refractivity contribution in [3.05, 3.63) is 97.1 Å². The molecular weight excluding hydrogens is 407 g/mol. The lowest BCUT2D eigenvalue weighted by Crippen LogP contribution is -2.43. The van der Waals surface area contributed by atoms with Crippen LogP contribution < -0.4 is 11.1 Å². The normalized spacial score (nSPS) is 20.2. The summed E-state index contributed by atoms with van der Waals surface area (Å²) in [5.74, 6) is 0.335. The predicted molar refractivity (Wildman–Crippen MR) is 120 cm³/mol. The van der Waals surface area contributed by atoms with Gasteiger partial charge >= 0.3 is 11.1 Å². The molecule has 2 aliphatic heterocycles. The second-order valence-corrected chi connectivity index (χ2v) is 9.53. The van der Waals surface area contributed by atoms with E-state index in [2.05, 4.69) is 42.0 Å². The number of likely N-dealkylation sites (tertiary alicyclic amines) is 1. The van der Waals surface area contributed by atoms with Crippen LogP contribution in [-0.2, 0) is 26.1 Å². The first kappa shape index (κ1) is 20.8. The van der Waals surface area contributed by atoms with Crippen LogP contribution in [0.25, 0.3) is 0 Å². The van der Waals surface area contributed by atoms with Crippen LogP contribution in [0, 0.1) is 25.1 Å². The number of fused-ring (bicyclic) bond motifs is 1. The number of hydrogen-bond donors (Lipinski definition) is 0. The van der Waals surface area contributed by atoms with Crippen LogP contribution in [0.15, 0.2) is 52.1 Å². The standard InChI is InChI=1S/C25H27FN4O2/c1-17-9-18(2)11-20(10-17)13-28-8-7-25(15-28)12-22-27-30(24(32)23(31)29(22)16-25)14-19-3-5-21(26)6-4-19/h3-6,9-11H,7-8,12-16H2,1-2H3. The van der Waals surface area contributed by atoms with Gasteiger partial charge in [-0.3, -0.25) is 19.1 Å². The van der Waals surface area contributed by atoms with Gasteiger partial charge in [0.2, 0.25) is 0 Å². The van der Waals surface area contributed by atoms with Gasteiger partial charge in [-0.1, -0.05) is 41.5 Å². The maximum absolute atomic E-state index is 13.2. The Labute approximate surface area is 185 Å². The lowest BCUT2D eigenvalue weighted by molar-refractivity contribution is 0.246. The van der Waals surface area contributed by atoms with Crippen molar-refractivity contribution in [3.8, 4) is 0 Å². The molecule has 3 aromatic rings. The van der Waals surface area contributed by atoms with Gasteiger partial charge in [0.25, 0.3) is 0 Å². The lowest BCUT2D eigenvalue weighted by atomic mass is 9.86. The highest BCUT2D eigenvalue weighted by molar-refractivity contribution is 5.28. The molecule has 3 heterocycles. The molecule has 1 unspecified atom stereocenters. The number of halogens is 1. The van der Waals surface area contributed by atoms with E-state index >= 15 is 0 Å². The van der Waals surface area contributed by atoms with Crippen molar-refractivity contribution in [3.63, 3.8) is 0 Å². The molecule has 0 amide bonds. The van der Waals surface area contributed by atoms with Crippen LogP contribution in [0.2, 0.25) is 0 Å². The van der Waals surface area contributed by atoms with Gasteiger partial charge in [-0.05, 0) is 50.1 Å². The Bertz CT molecular complexity index is 1270. The first-order chi connectivity index (χ1) is 15.3. The van der Waals surface area contributed by atoms with E-state index in [1.165, 1.54) is 33.5 Å². The molecule has 2 aromatic carbocycles. The second kappa shape index (κ2) is 7.81. The van der Waals surface area contributed by atoms with Crippen molar-refractivity contribution >= 4 is 0 Å². The minimum absolute atomic E-state index is 0.0560. The Hall–Kier alpha value is -3.06. The fourth-order valence-corrected chi connectivity index (χ4v) is 5.33. The van der Waals surface area contributed by atoms with Gasteiger partial charge in [0.05, 0.1) is 6.54 Å². The number of aryl methyl sites for hydroxylation is 2. The highest BCUT2D eigenvalue weighted by Crippen LogP contribution is 2.39. The molecule has 2 aliphatic rings. The predicted octanol–water partition coefficient (Wildman–Crippen LogP) is 2.66. The second-order valence-electron chi connectivity index (χ2n) is 9.53. The summed E-state index contributed by atoms with van der Waals surface area (Å²) in [4.78, 5) is 27.9. The van der Waals surface area contributed by atoms with Gasteiger partial charge < -0.3 is 0 Å². The molecule has 1 atom stereocenters. The van der Waals surface area contributed by atoms with Crippen LogP contribution in [0.1, 0.15) is 34.5 Å². The molecule has 0 bridgehead atoms. The van der Waals surface area contributed by atoms with E-state index in [9.17, 15) is 14.0 Å². The summed E-state index contributed by atoms with van der Waals surface area (Å²) in [6.45, 7) is 7.69. The molecule has 0 saturated carbocycles. The van der Waals surface area contributed by atoms with Crippen LogP contribution >= 0.6 is 0 Å². The average Bonchev–Trinajstić information content (AvgIpc) is 3.29. The minimum atomic E-state index is -0.625. The molecule has 32 heavy (non-hydrogen) atoms. The Morgan fingerprint density at radius 2 is 1.66 bits per heavy atom. The van der Waals surface area contributed by atoms with Gasteiger partial charge in [0.1, 0.15) is 11.6 Å². The van der Waals surface area contributed by atoms with Gasteiger partial charge in [-0.25, -0.2) is 9.07 Å². The van der Waals surface area contributed by atoms with E-state index in [1.807, 2.05) is 0 Å². The summed E-state index contributed by atoms with van der Waals surface area (Å²) in [5, 5.41) is 4.54. The largest absolute Gasteiger partial charge is 0.332 e. The monoisotopic (exact) mass is 434 g/mol. The summed E-state index contributed by atoms with van der Waals surface area (Å²) in [5.41, 5.74) is 3.39. The molecular formula is C25H27FN4O2. The van der Waals surface area contributed by atoms with E-state index in [-0.39, 0.29) is 17.8 Å². The number of nitrogens with zero attached hydrogens (tertiary/aromatic N) is 4. The highest BCUT2D eigenvalue weighted by atomic mass is 19.1. The maximum atomic E-state index is 13.2. The topological polar surface area (TPSA) is 60.1 Å². The smallest absolute Gasteiger partial charge is 0.298 e. The summed E-state index contributed by atoms with van der Waals surface area (Å²) < 4.78 is 16.0. The first-order valence-corrected chi connectivity index (χ1v) is 11.1. The Balaban J connectivity index is 1.35. The molecule has 7 heteroatoms. The fourth-order valence-electron chi connectivity index (χ4n) is 5.33. The van der Waals surface area contributed by atoms with Crippen molar-refractivity contribution in [1.29, 1.82) is 0 Å². The lowest BCUT2D eigenvalue weighted by Gasteiger charge is -2.23. The summed E-state index contributed by atoms with van der Waals surface area (Å²) in [7, 11) is 0. The summed E-state index contributed by atoms with van der Waals surface area (Å²) in [6.07, 6.45) is 1.67. The summed E-state index contributed by atoms with van der Waals surface area (Å²) in [6, 6.07) is 12.6. The molecule has 6 nitrogen and oxygen atoms in total. The number of hydrogen-bond acceptors (Lipinski definition) is 4. The third-order valence-electron chi connectivity index (χ3n) is 6.69. The van der Waals surface area contributed by atoms with Crippen LogP contribution in [-0.4, -0.2) is 32.3 Å². The highest BCUT2D eigenvalue weighted by Gasteiger charge is 2.44. The van der Waals surface area contributed by atoms with Crippen molar-refractivity contribution in [2.75, 3.05) is 13.1 Å². The van der Waals surface area contributed by atoms with Gasteiger partial charge in [0.15, 0.2) is 0 Å². The summed E-state index contributed by atoms with van der Waals surface area (Å²) >= 11 is 0. The Morgan fingerprint density at radius 3 is 2.38 bits per heavy atom. The first-order valence-electron chi connectivity index (χ1n) is 11.1. The zero-order valence-corrected chi connectivity index (χ0v) is 18.5. The number of aromatic nitrogens is 3. The Kier molecular flexibility index (Phi) is 5.08. The molecule has 0 aliphatic carbocycles. The van der Waals surface area contributed by atoms with E-state index < -0.39 is 11.1 Å². The van der Waals surface area contributed by atoms with Gasteiger partial charge in [0, 0.05) is 31.5 Å². The molecule has 5 rings (SSSR count). The van der Waals surface area contributed by atoms with E-state index in [4.69, 9.17) is 0 Å². The van der Waals surface area contributed by atoms with Crippen molar-refractivity contribution in [2.45, 2.75) is 46.3 Å². The van der Waals surface area contributed by atoms with Crippen LogP contribution in [0.5, 0.6) is 0 Å². The third-order valence-corrected chi connectivity index (χ3v) is 6.69. The molecule has 1 saturated heterocycles.